The van der Waals surface area contributed by atoms with Crippen LogP contribution in [-0.4, -0.2) is 15.9 Å². The third kappa shape index (κ3) is 4.31. The van der Waals surface area contributed by atoms with Gasteiger partial charge >= 0.3 is 0 Å². The lowest BCUT2D eigenvalue weighted by Crippen LogP contribution is -2.05. The number of nitrogens with zero attached hydrogens (tertiary/aromatic N) is 2. The highest BCUT2D eigenvalue weighted by molar-refractivity contribution is 8.93. The lowest BCUT2D eigenvalue weighted by atomic mass is 10.3. The molecule has 0 fully saturated rings. The van der Waals surface area contributed by atoms with E-state index in [4.69, 9.17) is 5.73 Å². The van der Waals surface area contributed by atoms with Gasteiger partial charge in [-0.1, -0.05) is 11.3 Å². The van der Waals surface area contributed by atoms with Gasteiger partial charge < -0.3 is 16.4 Å². The van der Waals surface area contributed by atoms with Crippen LogP contribution in [0.25, 0.3) is 10.6 Å². The molecule has 0 radical (unpaired) electrons. The van der Waals surface area contributed by atoms with Crippen molar-refractivity contribution in [3.8, 4) is 10.6 Å². The van der Waals surface area contributed by atoms with Gasteiger partial charge in [-0.05, 0) is 31.2 Å². The van der Waals surface area contributed by atoms with E-state index in [1.54, 1.807) is 0 Å². The molecule has 2 aromatic heterocycles. The topological polar surface area (TPSA) is 92.9 Å². The second kappa shape index (κ2) is 7.73. The monoisotopic (exact) mass is 425 g/mol. The van der Waals surface area contributed by atoms with Gasteiger partial charge in [0.05, 0.1) is 16.3 Å². The largest absolute Gasteiger partial charge is 0.375 e. The number of halogens is 1. The molecule has 9 heteroatoms. The molecule has 0 aliphatic heterocycles. The van der Waals surface area contributed by atoms with Crippen LogP contribution in [0.5, 0.6) is 0 Å². The number of anilines is 4. The fraction of sp³-hybridized carbons (Fsp3) is 0.133. The molecule has 0 bridgehead atoms. The summed E-state index contributed by atoms with van der Waals surface area (Å²) in [5.41, 5.74) is 9.17. The van der Waals surface area contributed by atoms with Gasteiger partial charge in [0.2, 0.25) is 5.91 Å². The van der Waals surface area contributed by atoms with Crippen molar-refractivity contribution in [1.82, 2.24) is 9.97 Å². The molecule has 24 heavy (non-hydrogen) atoms. The summed E-state index contributed by atoms with van der Waals surface area (Å²) in [6, 6.07) is 7.46. The van der Waals surface area contributed by atoms with Crippen molar-refractivity contribution >= 4 is 67.2 Å². The molecule has 3 aromatic rings. The number of hydrogen-bond acceptors (Lipinski definition) is 7. The van der Waals surface area contributed by atoms with Gasteiger partial charge in [0, 0.05) is 23.7 Å². The van der Waals surface area contributed by atoms with E-state index in [2.05, 4.69) is 20.6 Å². The molecular weight excluding hydrogens is 410 g/mol. The molecule has 0 unspecified atom stereocenters. The van der Waals surface area contributed by atoms with Gasteiger partial charge in [-0.15, -0.1) is 28.3 Å². The first-order chi connectivity index (χ1) is 11.0. The van der Waals surface area contributed by atoms with E-state index in [9.17, 15) is 4.79 Å². The number of nitrogen functional groups attached to an aromatic ring is 1. The third-order valence-corrected chi connectivity index (χ3v) is 4.77. The number of aromatic nitrogens is 2. The van der Waals surface area contributed by atoms with Crippen LogP contribution < -0.4 is 16.4 Å². The molecule has 126 valence electrons. The SMILES string of the molecule is Br.CC(=O)Nc1ccc(Nc2nc(-c3sc(N)nc3C)cs2)cc1. The number of rotatable bonds is 4. The molecule has 3 rings (SSSR count). The minimum absolute atomic E-state index is 0. The minimum atomic E-state index is -0.0884. The molecular formula is C15H16BrN5OS2. The van der Waals surface area contributed by atoms with Crippen molar-refractivity contribution < 1.29 is 4.79 Å². The van der Waals surface area contributed by atoms with E-state index in [-0.39, 0.29) is 22.9 Å². The first-order valence-corrected chi connectivity index (χ1v) is 8.54. The Morgan fingerprint density at radius 1 is 1.17 bits per heavy atom. The molecule has 0 atom stereocenters. The lowest BCUT2D eigenvalue weighted by molar-refractivity contribution is -0.114. The van der Waals surface area contributed by atoms with Crippen LogP contribution in [0.2, 0.25) is 0 Å². The van der Waals surface area contributed by atoms with Gasteiger partial charge in [0.1, 0.15) is 0 Å². The molecule has 6 nitrogen and oxygen atoms in total. The normalized spacial score (nSPS) is 10.1. The van der Waals surface area contributed by atoms with Crippen LogP contribution in [0.4, 0.5) is 21.6 Å². The first-order valence-electron chi connectivity index (χ1n) is 6.85. The first kappa shape index (κ1) is 18.4. The lowest BCUT2D eigenvalue weighted by Gasteiger charge is -2.05. The maximum absolute atomic E-state index is 11.0. The average molecular weight is 426 g/mol. The van der Waals surface area contributed by atoms with E-state index in [0.717, 1.165) is 32.8 Å². The van der Waals surface area contributed by atoms with Gasteiger partial charge in [-0.2, -0.15) is 0 Å². The zero-order valence-electron chi connectivity index (χ0n) is 13.0. The van der Waals surface area contributed by atoms with Gasteiger partial charge in [0.25, 0.3) is 0 Å². The number of aryl methyl sites for hydroxylation is 1. The van der Waals surface area contributed by atoms with Crippen molar-refractivity contribution in [3.63, 3.8) is 0 Å². The zero-order valence-corrected chi connectivity index (χ0v) is 16.3. The fourth-order valence-corrected chi connectivity index (χ4v) is 3.64. The second-order valence-corrected chi connectivity index (χ2v) is 6.78. The van der Waals surface area contributed by atoms with Crippen LogP contribution in [0, 0.1) is 6.92 Å². The highest BCUT2D eigenvalue weighted by Crippen LogP contribution is 2.34. The highest BCUT2D eigenvalue weighted by Gasteiger charge is 2.12. The maximum atomic E-state index is 11.0. The van der Waals surface area contributed by atoms with Crippen molar-refractivity contribution in [2.24, 2.45) is 0 Å². The van der Waals surface area contributed by atoms with E-state index in [1.807, 2.05) is 36.6 Å². The molecule has 0 saturated carbocycles. The summed E-state index contributed by atoms with van der Waals surface area (Å²) >= 11 is 2.96. The van der Waals surface area contributed by atoms with Crippen molar-refractivity contribution in [2.45, 2.75) is 13.8 Å². The van der Waals surface area contributed by atoms with E-state index in [1.165, 1.54) is 29.6 Å². The fourth-order valence-electron chi connectivity index (χ4n) is 2.05. The quantitative estimate of drug-likeness (QED) is 0.574. The number of carbonyl (C=O) groups excluding carboxylic acids is 1. The van der Waals surface area contributed by atoms with Crippen LogP contribution >= 0.6 is 39.7 Å². The number of amides is 1. The number of nitrogens with one attached hydrogen (secondary N) is 2. The van der Waals surface area contributed by atoms with Crippen molar-refractivity contribution in [2.75, 3.05) is 16.4 Å². The number of thiazole rings is 2. The zero-order chi connectivity index (χ0) is 16.4. The van der Waals surface area contributed by atoms with Gasteiger partial charge in [-0.25, -0.2) is 9.97 Å². The highest BCUT2D eigenvalue weighted by atomic mass is 79.9. The molecule has 4 N–H and O–H groups in total. The summed E-state index contributed by atoms with van der Waals surface area (Å²) in [7, 11) is 0. The molecule has 0 aliphatic carbocycles. The van der Waals surface area contributed by atoms with Crippen LogP contribution in [0.15, 0.2) is 29.6 Å². The average Bonchev–Trinajstić information content (AvgIpc) is 3.07. The summed E-state index contributed by atoms with van der Waals surface area (Å²) in [6.45, 7) is 3.41. The van der Waals surface area contributed by atoms with Gasteiger partial charge in [0.15, 0.2) is 10.3 Å². The molecule has 0 saturated heterocycles. The summed E-state index contributed by atoms with van der Waals surface area (Å²) in [6.07, 6.45) is 0. The van der Waals surface area contributed by atoms with Gasteiger partial charge in [-0.3, -0.25) is 4.79 Å². The predicted molar refractivity (Wildman–Crippen MR) is 107 cm³/mol. The molecule has 0 aliphatic rings. The van der Waals surface area contributed by atoms with E-state index >= 15 is 0 Å². The van der Waals surface area contributed by atoms with Crippen LogP contribution in [-0.2, 0) is 4.79 Å². The molecule has 0 spiro atoms. The standard InChI is InChI=1S/C15H15N5OS2.BrH/c1-8-13(23-14(16)17-8)12-7-22-15(20-12)19-11-5-3-10(4-6-11)18-9(2)21;/h3-7H,1-2H3,(H2,16,17)(H,18,21)(H,19,20);1H. The second-order valence-electron chi connectivity index (χ2n) is 4.89. The Bertz CT molecular complexity index is 844. The van der Waals surface area contributed by atoms with E-state index < -0.39 is 0 Å². The van der Waals surface area contributed by atoms with E-state index in [0.29, 0.717) is 5.13 Å². The summed E-state index contributed by atoms with van der Waals surface area (Å²) in [5, 5.41) is 9.30. The van der Waals surface area contributed by atoms with Crippen LogP contribution in [0.3, 0.4) is 0 Å². The number of benzene rings is 1. The predicted octanol–water partition coefficient (Wildman–Crippen LogP) is 4.44. The maximum Gasteiger partial charge on any atom is 0.221 e. The number of hydrogen-bond donors (Lipinski definition) is 3. The molecule has 1 amide bonds. The van der Waals surface area contributed by atoms with Crippen molar-refractivity contribution in [1.29, 1.82) is 0 Å². The number of carbonyl (C=O) groups is 1. The Hall–Kier alpha value is -1.97. The van der Waals surface area contributed by atoms with Crippen LogP contribution in [0.1, 0.15) is 12.6 Å². The Morgan fingerprint density at radius 3 is 2.42 bits per heavy atom. The minimum Gasteiger partial charge on any atom is -0.375 e. The summed E-state index contributed by atoms with van der Waals surface area (Å²) < 4.78 is 0. The Labute approximate surface area is 157 Å². The molecule has 1 aromatic carbocycles. The Balaban J connectivity index is 0.00000208. The summed E-state index contributed by atoms with van der Waals surface area (Å²) in [5.74, 6) is -0.0884. The molecule has 2 heterocycles. The Morgan fingerprint density at radius 2 is 1.83 bits per heavy atom. The van der Waals surface area contributed by atoms with Crippen molar-refractivity contribution in [3.05, 3.63) is 35.3 Å². The third-order valence-electron chi connectivity index (χ3n) is 3.01. The summed E-state index contributed by atoms with van der Waals surface area (Å²) in [4.78, 5) is 20.8. The smallest absolute Gasteiger partial charge is 0.221 e. The number of nitrogens with two attached hydrogens (primary N) is 1. The Kier molecular flexibility index (Phi) is 5.92.